The molecule has 1 aromatic carbocycles. The molecule has 5 heteroatoms. The second-order valence-corrected chi connectivity index (χ2v) is 3.71. The Labute approximate surface area is 85.7 Å². The Hall–Kier alpha value is -1.65. The number of anilines is 1. The largest absolute Gasteiger partial charge is 0.480 e. The molecule has 0 aliphatic carbocycles. The molecule has 0 aliphatic rings. The van der Waals surface area contributed by atoms with E-state index < -0.39 is 23.1 Å². The number of benzene rings is 1. The van der Waals surface area contributed by atoms with Gasteiger partial charge in [0.1, 0.15) is 17.2 Å². The SMILES string of the molecule is CC(C)(Nc1cc(F)cc(F)c1)C(=O)O. The van der Waals surface area contributed by atoms with E-state index in [1.54, 1.807) is 0 Å². The van der Waals surface area contributed by atoms with Gasteiger partial charge < -0.3 is 10.4 Å². The topological polar surface area (TPSA) is 49.3 Å². The minimum absolute atomic E-state index is 0.0971. The van der Waals surface area contributed by atoms with E-state index in [1.165, 1.54) is 13.8 Å². The maximum atomic E-state index is 12.8. The zero-order valence-electron chi connectivity index (χ0n) is 8.34. The van der Waals surface area contributed by atoms with E-state index in [4.69, 9.17) is 5.11 Å². The Morgan fingerprint density at radius 1 is 1.27 bits per heavy atom. The Kier molecular flexibility index (Phi) is 2.93. The summed E-state index contributed by atoms with van der Waals surface area (Å²) in [4.78, 5) is 10.7. The number of rotatable bonds is 3. The lowest BCUT2D eigenvalue weighted by atomic mass is 10.1. The number of nitrogens with one attached hydrogen (secondary N) is 1. The monoisotopic (exact) mass is 215 g/mol. The zero-order chi connectivity index (χ0) is 11.6. The molecule has 0 aromatic heterocycles. The number of aliphatic carboxylic acids is 1. The number of hydrogen-bond donors (Lipinski definition) is 2. The molecule has 0 saturated heterocycles. The summed E-state index contributed by atoms with van der Waals surface area (Å²) < 4.78 is 25.6. The van der Waals surface area contributed by atoms with Crippen LogP contribution in [0.2, 0.25) is 0 Å². The van der Waals surface area contributed by atoms with E-state index in [-0.39, 0.29) is 5.69 Å². The van der Waals surface area contributed by atoms with Crippen molar-refractivity contribution >= 4 is 11.7 Å². The van der Waals surface area contributed by atoms with Crippen LogP contribution in [-0.2, 0) is 4.79 Å². The van der Waals surface area contributed by atoms with Crippen LogP contribution < -0.4 is 5.32 Å². The second kappa shape index (κ2) is 3.84. The molecule has 3 nitrogen and oxygen atoms in total. The molecule has 15 heavy (non-hydrogen) atoms. The summed E-state index contributed by atoms with van der Waals surface area (Å²) in [6.45, 7) is 2.80. The first-order chi connectivity index (χ1) is 6.81. The van der Waals surface area contributed by atoms with Crippen molar-refractivity contribution in [2.75, 3.05) is 5.32 Å². The average molecular weight is 215 g/mol. The maximum absolute atomic E-state index is 12.8. The standard InChI is InChI=1S/C10H11F2NO2/c1-10(2,9(14)15)13-8-4-6(11)3-7(12)5-8/h3-5,13H,1-2H3,(H,14,15). The van der Waals surface area contributed by atoms with Gasteiger partial charge in [-0.3, -0.25) is 0 Å². The number of carboxylic acid groups (broad SMARTS) is 1. The molecule has 0 bridgehead atoms. The first-order valence-electron chi connectivity index (χ1n) is 4.29. The van der Waals surface area contributed by atoms with Crippen LogP contribution in [0.25, 0.3) is 0 Å². The van der Waals surface area contributed by atoms with E-state index in [9.17, 15) is 13.6 Å². The fourth-order valence-electron chi connectivity index (χ4n) is 1.04. The van der Waals surface area contributed by atoms with Crippen molar-refractivity contribution in [3.63, 3.8) is 0 Å². The van der Waals surface area contributed by atoms with Crippen LogP contribution in [0.5, 0.6) is 0 Å². The lowest BCUT2D eigenvalue weighted by Crippen LogP contribution is -2.39. The Balaban J connectivity index is 2.94. The summed E-state index contributed by atoms with van der Waals surface area (Å²) in [6.07, 6.45) is 0. The third-order valence-electron chi connectivity index (χ3n) is 1.85. The van der Waals surface area contributed by atoms with E-state index >= 15 is 0 Å². The molecule has 0 radical (unpaired) electrons. The molecular formula is C10H11F2NO2. The maximum Gasteiger partial charge on any atom is 0.328 e. The minimum Gasteiger partial charge on any atom is -0.480 e. The first kappa shape index (κ1) is 11.4. The minimum atomic E-state index is -1.28. The predicted molar refractivity (Wildman–Crippen MR) is 51.7 cm³/mol. The van der Waals surface area contributed by atoms with Crippen molar-refractivity contribution in [3.8, 4) is 0 Å². The van der Waals surface area contributed by atoms with Gasteiger partial charge in [-0.1, -0.05) is 0 Å². The van der Waals surface area contributed by atoms with Crippen molar-refractivity contribution in [3.05, 3.63) is 29.8 Å². The van der Waals surface area contributed by atoms with Crippen LogP contribution in [0.3, 0.4) is 0 Å². The van der Waals surface area contributed by atoms with Gasteiger partial charge in [0.15, 0.2) is 0 Å². The van der Waals surface area contributed by atoms with Gasteiger partial charge in [0.05, 0.1) is 0 Å². The van der Waals surface area contributed by atoms with Gasteiger partial charge in [0.25, 0.3) is 0 Å². The molecule has 0 heterocycles. The third-order valence-corrected chi connectivity index (χ3v) is 1.85. The van der Waals surface area contributed by atoms with Crippen molar-refractivity contribution in [2.24, 2.45) is 0 Å². The van der Waals surface area contributed by atoms with E-state index in [0.29, 0.717) is 0 Å². The Morgan fingerprint density at radius 3 is 2.13 bits per heavy atom. The van der Waals surface area contributed by atoms with Crippen molar-refractivity contribution in [1.29, 1.82) is 0 Å². The highest BCUT2D eigenvalue weighted by molar-refractivity contribution is 5.81. The summed E-state index contributed by atoms with van der Waals surface area (Å²) in [6, 6.07) is 2.79. The van der Waals surface area contributed by atoms with Crippen LogP contribution in [0.1, 0.15) is 13.8 Å². The van der Waals surface area contributed by atoms with Gasteiger partial charge in [0.2, 0.25) is 0 Å². The molecule has 0 spiro atoms. The van der Waals surface area contributed by atoms with Gasteiger partial charge in [-0.15, -0.1) is 0 Å². The number of halogens is 2. The molecule has 0 aliphatic heterocycles. The quantitative estimate of drug-likeness (QED) is 0.812. The van der Waals surface area contributed by atoms with Crippen molar-refractivity contribution in [1.82, 2.24) is 0 Å². The number of carboxylic acids is 1. The van der Waals surface area contributed by atoms with Gasteiger partial charge in [0, 0.05) is 11.8 Å². The molecule has 82 valence electrons. The van der Waals surface area contributed by atoms with Crippen LogP contribution in [0, 0.1) is 11.6 Å². The molecule has 0 saturated carbocycles. The molecule has 0 atom stereocenters. The first-order valence-corrected chi connectivity index (χ1v) is 4.29. The molecule has 0 unspecified atom stereocenters. The van der Waals surface area contributed by atoms with Crippen molar-refractivity contribution in [2.45, 2.75) is 19.4 Å². The summed E-state index contributed by atoms with van der Waals surface area (Å²) in [5.74, 6) is -2.61. The van der Waals surface area contributed by atoms with Crippen LogP contribution in [0.4, 0.5) is 14.5 Å². The highest BCUT2D eigenvalue weighted by atomic mass is 19.1. The number of carbonyl (C=O) groups is 1. The normalized spacial score (nSPS) is 11.2. The van der Waals surface area contributed by atoms with Crippen LogP contribution in [-0.4, -0.2) is 16.6 Å². The fraction of sp³-hybridized carbons (Fsp3) is 0.300. The third kappa shape index (κ3) is 2.90. The summed E-state index contributed by atoms with van der Waals surface area (Å²) >= 11 is 0. The zero-order valence-corrected chi connectivity index (χ0v) is 8.34. The predicted octanol–water partition coefficient (Wildman–Crippen LogP) is 2.24. The Bertz CT molecular complexity index is 371. The summed E-state index contributed by atoms with van der Waals surface area (Å²) in [5.41, 5.74) is -1.18. The summed E-state index contributed by atoms with van der Waals surface area (Å²) in [7, 11) is 0. The second-order valence-electron chi connectivity index (χ2n) is 3.71. The molecule has 0 amide bonds. The average Bonchev–Trinajstić information content (AvgIpc) is 1.99. The van der Waals surface area contributed by atoms with Gasteiger partial charge >= 0.3 is 5.97 Å². The van der Waals surface area contributed by atoms with E-state index in [2.05, 4.69) is 5.32 Å². The molecule has 2 N–H and O–H groups in total. The smallest absolute Gasteiger partial charge is 0.328 e. The van der Waals surface area contributed by atoms with Gasteiger partial charge in [-0.05, 0) is 26.0 Å². The van der Waals surface area contributed by atoms with Crippen LogP contribution >= 0.6 is 0 Å². The van der Waals surface area contributed by atoms with E-state index in [0.717, 1.165) is 18.2 Å². The molecular weight excluding hydrogens is 204 g/mol. The lowest BCUT2D eigenvalue weighted by molar-refractivity contribution is -0.141. The fourth-order valence-corrected chi connectivity index (χ4v) is 1.04. The molecule has 0 fully saturated rings. The lowest BCUT2D eigenvalue weighted by Gasteiger charge is -2.22. The van der Waals surface area contributed by atoms with Crippen molar-refractivity contribution < 1.29 is 18.7 Å². The molecule has 1 rings (SSSR count). The summed E-state index contributed by atoms with van der Waals surface area (Å²) in [5, 5.41) is 11.3. The molecule has 1 aromatic rings. The van der Waals surface area contributed by atoms with Gasteiger partial charge in [-0.2, -0.15) is 0 Å². The highest BCUT2D eigenvalue weighted by Gasteiger charge is 2.26. The number of hydrogen-bond acceptors (Lipinski definition) is 2. The Morgan fingerprint density at radius 2 is 1.73 bits per heavy atom. The van der Waals surface area contributed by atoms with Crippen LogP contribution in [0.15, 0.2) is 18.2 Å². The van der Waals surface area contributed by atoms with E-state index in [1.807, 2.05) is 0 Å². The highest BCUT2D eigenvalue weighted by Crippen LogP contribution is 2.18. The van der Waals surface area contributed by atoms with Gasteiger partial charge in [-0.25, -0.2) is 13.6 Å².